The van der Waals surface area contributed by atoms with Crippen molar-refractivity contribution in [1.82, 2.24) is 9.97 Å². The second kappa shape index (κ2) is 8.31. The molecule has 2 heterocycles. The van der Waals surface area contributed by atoms with Crippen molar-refractivity contribution in [3.63, 3.8) is 0 Å². The summed E-state index contributed by atoms with van der Waals surface area (Å²) in [5.74, 6) is -0.787. The number of carbonyl (C=O) groups is 1. The minimum Gasteiger partial charge on any atom is -0.486 e. The van der Waals surface area contributed by atoms with Gasteiger partial charge in [-0.05, 0) is 36.8 Å². The molecule has 158 valence electrons. The molecule has 0 bridgehead atoms. The summed E-state index contributed by atoms with van der Waals surface area (Å²) in [7, 11) is 0. The van der Waals surface area contributed by atoms with Gasteiger partial charge in [-0.3, -0.25) is 14.6 Å². The molecule has 0 fully saturated rings. The number of nitrogens with zero attached hydrogens (tertiary/aromatic N) is 2. The van der Waals surface area contributed by atoms with Crippen molar-refractivity contribution in [1.29, 1.82) is 5.26 Å². The number of aromatic nitrogens is 2. The molecule has 0 aliphatic rings. The Morgan fingerprint density at radius 1 is 1.23 bits per heavy atom. The zero-order valence-electron chi connectivity index (χ0n) is 16.0. The molecule has 1 amide bonds. The van der Waals surface area contributed by atoms with Crippen molar-refractivity contribution in [2.45, 2.75) is 19.2 Å². The van der Waals surface area contributed by atoms with E-state index in [0.717, 1.165) is 6.07 Å². The molecule has 0 aliphatic carbocycles. The van der Waals surface area contributed by atoms with E-state index in [9.17, 15) is 22.8 Å². The van der Waals surface area contributed by atoms with E-state index in [0.29, 0.717) is 16.9 Å². The maximum absolute atomic E-state index is 13.4. The number of nitrogens with one attached hydrogen (secondary N) is 1. The summed E-state index contributed by atoms with van der Waals surface area (Å²) in [5, 5.41) is 8.96. The lowest BCUT2D eigenvalue weighted by Gasteiger charge is -2.16. The number of nitriles is 1. The molecule has 0 aliphatic heterocycles. The first-order chi connectivity index (χ1) is 14.6. The number of carbonyl (C=O) groups excluding carboxylic acids is 1. The maximum atomic E-state index is 13.4. The lowest BCUT2D eigenvalue weighted by molar-refractivity contribution is -0.140. The molecule has 3 N–H and O–H groups in total. The van der Waals surface area contributed by atoms with Gasteiger partial charge in [-0.1, -0.05) is 12.1 Å². The predicted molar refractivity (Wildman–Crippen MR) is 104 cm³/mol. The van der Waals surface area contributed by atoms with E-state index in [2.05, 4.69) is 4.98 Å². The van der Waals surface area contributed by atoms with E-state index in [1.807, 2.05) is 6.07 Å². The summed E-state index contributed by atoms with van der Waals surface area (Å²) in [5.41, 5.74) is 2.72. The van der Waals surface area contributed by atoms with Crippen LogP contribution in [0.15, 0.2) is 53.6 Å². The van der Waals surface area contributed by atoms with Crippen LogP contribution in [0.5, 0.6) is 5.75 Å². The van der Waals surface area contributed by atoms with E-state index >= 15 is 0 Å². The van der Waals surface area contributed by atoms with Crippen molar-refractivity contribution < 1.29 is 22.7 Å². The standard InChI is InChI=1S/C21H15F3N4O3/c1-11(14-6-12(8-25)9-27-10-14)31-15-4-2-13(3-5-15)16-7-17(19(26)29)20(30)28-18(16)21(22,23)24/h2-7,9-11H,1H3,(H2,26,29)(H,28,30)/t11-/m1/s1. The molecule has 10 heteroatoms. The number of halogens is 3. The molecule has 2 aromatic heterocycles. The fraction of sp³-hybridized carbons (Fsp3) is 0.143. The number of hydrogen-bond acceptors (Lipinski definition) is 5. The normalized spacial score (nSPS) is 12.1. The quantitative estimate of drug-likeness (QED) is 0.643. The number of hydrogen-bond donors (Lipinski definition) is 2. The first kappa shape index (κ1) is 21.6. The van der Waals surface area contributed by atoms with Crippen molar-refractivity contribution in [2.24, 2.45) is 5.73 Å². The van der Waals surface area contributed by atoms with Gasteiger partial charge in [-0.25, -0.2) is 0 Å². The average molecular weight is 428 g/mol. The SMILES string of the molecule is C[C@@H](Oc1ccc(-c2cc(C(N)=O)c(=O)[nH]c2C(F)(F)F)cc1)c1cncc(C#N)c1. The molecule has 1 aromatic carbocycles. The molecule has 0 saturated heterocycles. The van der Waals surface area contributed by atoms with Crippen LogP contribution in [0, 0.1) is 11.3 Å². The first-order valence-corrected chi connectivity index (χ1v) is 8.86. The number of H-pyrrole nitrogens is 1. The molecule has 7 nitrogen and oxygen atoms in total. The maximum Gasteiger partial charge on any atom is 0.431 e. The molecule has 1 atom stereocenters. The summed E-state index contributed by atoms with van der Waals surface area (Å²) in [6.07, 6.45) is -2.38. The van der Waals surface area contributed by atoms with E-state index in [-0.39, 0.29) is 5.56 Å². The zero-order valence-corrected chi connectivity index (χ0v) is 16.0. The number of amides is 1. The highest BCUT2D eigenvalue weighted by molar-refractivity contribution is 5.94. The summed E-state index contributed by atoms with van der Waals surface area (Å²) in [6, 6.07) is 10.0. The minimum atomic E-state index is -4.85. The number of nitrogens with two attached hydrogens (primary N) is 1. The molecule has 0 spiro atoms. The van der Waals surface area contributed by atoms with Gasteiger partial charge in [0.15, 0.2) is 0 Å². The molecule has 0 saturated carbocycles. The van der Waals surface area contributed by atoms with Crippen molar-refractivity contribution in [3.05, 3.63) is 81.5 Å². The first-order valence-electron chi connectivity index (χ1n) is 8.86. The second-order valence-corrected chi connectivity index (χ2v) is 6.57. The Balaban J connectivity index is 1.94. The van der Waals surface area contributed by atoms with Crippen LogP contribution in [0.1, 0.15) is 40.2 Å². The minimum absolute atomic E-state index is 0.0965. The third-order valence-corrected chi connectivity index (χ3v) is 4.43. The van der Waals surface area contributed by atoms with Crippen LogP contribution >= 0.6 is 0 Å². The fourth-order valence-corrected chi connectivity index (χ4v) is 2.89. The Morgan fingerprint density at radius 2 is 1.90 bits per heavy atom. The third-order valence-electron chi connectivity index (χ3n) is 4.43. The molecular weight excluding hydrogens is 413 g/mol. The lowest BCUT2D eigenvalue weighted by atomic mass is 10.0. The number of rotatable bonds is 5. The second-order valence-electron chi connectivity index (χ2n) is 6.57. The van der Waals surface area contributed by atoms with Crippen molar-refractivity contribution in [2.75, 3.05) is 0 Å². The van der Waals surface area contributed by atoms with E-state index in [4.69, 9.17) is 15.7 Å². The number of ether oxygens (including phenoxy) is 1. The highest BCUT2D eigenvalue weighted by atomic mass is 19.4. The smallest absolute Gasteiger partial charge is 0.431 e. The van der Waals surface area contributed by atoms with E-state index in [1.165, 1.54) is 30.5 Å². The lowest BCUT2D eigenvalue weighted by Crippen LogP contribution is -2.27. The Kier molecular flexibility index (Phi) is 5.79. The summed E-state index contributed by atoms with van der Waals surface area (Å²) in [4.78, 5) is 28.8. The van der Waals surface area contributed by atoms with Gasteiger partial charge in [-0.15, -0.1) is 0 Å². The van der Waals surface area contributed by atoms with Gasteiger partial charge >= 0.3 is 6.18 Å². The van der Waals surface area contributed by atoms with Crippen LogP contribution in [0.4, 0.5) is 13.2 Å². The number of primary amides is 1. The summed E-state index contributed by atoms with van der Waals surface area (Å²) in [6.45, 7) is 1.73. The van der Waals surface area contributed by atoms with Gasteiger partial charge in [-0.2, -0.15) is 18.4 Å². The largest absolute Gasteiger partial charge is 0.486 e. The van der Waals surface area contributed by atoms with Gasteiger partial charge in [0.1, 0.15) is 29.2 Å². The van der Waals surface area contributed by atoms with Crippen LogP contribution in [0.3, 0.4) is 0 Å². The molecular formula is C21H15F3N4O3. The Morgan fingerprint density at radius 3 is 2.48 bits per heavy atom. The van der Waals surface area contributed by atoms with Gasteiger partial charge in [0.2, 0.25) is 0 Å². The fourth-order valence-electron chi connectivity index (χ4n) is 2.89. The Bertz CT molecular complexity index is 1230. The molecule has 0 radical (unpaired) electrons. The highest BCUT2D eigenvalue weighted by Gasteiger charge is 2.36. The Labute approximate surface area is 173 Å². The van der Waals surface area contributed by atoms with Crippen molar-refractivity contribution >= 4 is 5.91 Å². The molecule has 3 aromatic rings. The highest BCUT2D eigenvalue weighted by Crippen LogP contribution is 2.36. The number of pyridine rings is 2. The third kappa shape index (κ3) is 4.72. The van der Waals surface area contributed by atoms with Gasteiger partial charge in [0.05, 0.1) is 5.56 Å². The monoisotopic (exact) mass is 428 g/mol. The zero-order chi connectivity index (χ0) is 22.8. The van der Waals surface area contributed by atoms with Crippen LogP contribution in [0.25, 0.3) is 11.1 Å². The van der Waals surface area contributed by atoms with Gasteiger partial charge in [0, 0.05) is 23.5 Å². The van der Waals surface area contributed by atoms with Gasteiger partial charge < -0.3 is 15.5 Å². The summed E-state index contributed by atoms with van der Waals surface area (Å²) >= 11 is 0. The van der Waals surface area contributed by atoms with Crippen LogP contribution < -0.4 is 16.0 Å². The molecule has 0 unspecified atom stereocenters. The van der Waals surface area contributed by atoms with E-state index < -0.39 is 40.6 Å². The molecule has 3 rings (SSSR count). The van der Waals surface area contributed by atoms with Crippen LogP contribution in [-0.4, -0.2) is 15.9 Å². The van der Waals surface area contributed by atoms with E-state index in [1.54, 1.807) is 24.2 Å². The number of aromatic amines is 1. The Hall–Kier alpha value is -4.13. The van der Waals surface area contributed by atoms with Crippen LogP contribution in [-0.2, 0) is 6.18 Å². The number of alkyl halides is 3. The predicted octanol–water partition coefficient (Wildman–Crippen LogP) is 3.57. The molecule has 31 heavy (non-hydrogen) atoms. The van der Waals surface area contributed by atoms with Gasteiger partial charge in [0.25, 0.3) is 11.5 Å². The average Bonchev–Trinajstić information content (AvgIpc) is 2.73. The van der Waals surface area contributed by atoms with Crippen LogP contribution in [0.2, 0.25) is 0 Å². The topological polar surface area (TPSA) is 122 Å². The number of benzene rings is 1. The van der Waals surface area contributed by atoms with Crippen molar-refractivity contribution in [3.8, 4) is 22.9 Å². The summed E-state index contributed by atoms with van der Waals surface area (Å²) < 4.78 is 46.0.